The molecule has 0 radical (unpaired) electrons. The van der Waals surface area contributed by atoms with Crippen molar-refractivity contribution >= 4 is 31.9 Å². The number of piperidine rings is 1. The van der Waals surface area contributed by atoms with Crippen molar-refractivity contribution in [2.45, 2.75) is 44.0 Å². The van der Waals surface area contributed by atoms with Crippen molar-refractivity contribution in [3.05, 3.63) is 58.8 Å². The molecule has 1 aliphatic rings. The van der Waals surface area contributed by atoms with Crippen LogP contribution in [-0.4, -0.2) is 48.1 Å². The zero-order valence-electron chi connectivity index (χ0n) is 17.4. The monoisotopic (exact) mass is 493 g/mol. The van der Waals surface area contributed by atoms with Gasteiger partial charge in [0.15, 0.2) is 0 Å². The standard InChI is InChI=1S/C22H28BrN3O3S/c1-3-13-26(17(2)20-8-4-5-9-21(20)23)22(27)18-10-14-25(15-11-18)30(28,29)19-7-6-12-24-16-19/h4-9,12,16-18H,3,10-11,13-15H2,1-2H3. The number of hydrogen-bond donors (Lipinski definition) is 0. The van der Waals surface area contributed by atoms with Crippen LogP contribution in [0.1, 0.15) is 44.7 Å². The second-order valence-corrected chi connectivity index (χ2v) is 10.4. The van der Waals surface area contributed by atoms with Gasteiger partial charge in [-0.2, -0.15) is 4.31 Å². The zero-order chi connectivity index (χ0) is 21.7. The van der Waals surface area contributed by atoms with E-state index in [9.17, 15) is 13.2 Å². The van der Waals surface area contributed by atoms with Gasteiger partial charge in [-0.3, -0.25) is 9.78 Å². The Balaban J connectivity index is 1.70. The molecule has 1 aromatic carbocycles. The number of nitrogens with zero attached hydrogens (tertiary/aromatic N) is 3. The van der Waals surface area contributed by atoms with Gasteiger partial charge >= 0.3 is 0 Å². The maximum atomic E-state index is 13.4. The molecule has 2 aromatic rings. The first-order valence-electron chi connectivity index (χ1n) is 10.3. The molecule has 8 heteroatoms. The van der Waals surface area contributed by atoms with E-state index in [4.69, 9.17) is 0 Å². The molecule has 0 N–H and O–H groups in total. The lowest BCUT2D eigenvalue weighted by Gasteiger charge is -2.36. The van der Waals surface area contributed by atoms with Crippen LogP contribution in [0.5, 0.6) is 0 Å². The van der Waals surface area contributed by atoms with Crippen molar-refractivity contribution in [2.75, 3.05) is 19.6 Å². The average Bonchev–Trinajstić information content (AvgIpc) is 2.77. The molecule has 1 aliphatic heterocycles. The van der Waals surface area contributed by atoms with Crippen molar-refractivity contribution < 1.29 is 13.2 Å². The predicted molar refractivity (Wildman–Crippen MR) is 120 cm³/mol. The van der Waals surface area contributed by atoms with Crippen LogP contribution in [0.25, 0.3) is 0 Å². The molecule has 162 valence electrons. The van der Waals surface area contributed by atoms with Gasteiger partial charge in [0, 0.05) is 42.4 Å². The average molecular weight is 494 g/mol. The summed E-state index contributed by atoms with van der Waals surface area (Å²) >= 11 is 3.60. The summed E-state index contributed by atoms with van der Waals surface area (Å²) in [7, 11) is -3.57. The van der Waals surface area contributed by atoms with Crippen LogP contribution < -0.4 is 0 Å². The number of benzene rings is 1. The summed E-state index contributed by atoms with van der Waals surface area (Å²) < 4.78 is 28.1. The topological polar surface area (TPSA) is 70.6 Å². The minimum atomic E-state index is -3.57. The second kappa shape index (κ2) is 10.0. The van der Waals surface area contributed by atoms with Gasteiger partial charge in [0.25, 0.3) is 0 Å². The van der Waals surface area contributed by atoms with Gasteiger partial charge in [0.2, 0.25) is 15.9 Å². The molecule has 6 nitrogen and oxygen atoms in total. The van der Waals surface area contributed by atoms with Crippen LogP contribution in [-0.2, 0) is 14.8 Å². The highest BCUT2D eigenvalue weighted by atomic mass is 79.9. The van der Waals surface area contributed by atoms with Crippen molar-refractivity contribution in [3.63, 3.8) is 0 Å². The number of hydrogen-bond acceptors (Lipinski definition) is 4. The van der Waals surface area contributed by atoms with E-state index in [0.29, 0.717) is 32.5 Å². The number of pyridine rings is 1. The van der Waals surface area contributed by atoms with Crippen LogP contribution >= 0.6 is 15.9 Å². The van der Waals surface area contributed by atoms with Gasteiger partial charge in [-0.25, -0.2) is 8.42 Å². The summed E-state index contributed by atoms with van der Waals surface area (Å²) in [6, 6.07) is 11.1. The molecule has 30 heavy (non-hydrogen) atoms. The third-order valence-electron chi connectivity index (χ3n) is 5.65. The highest BCUT2D eigenvalue weighted by Crippen LogP contribution is 2.31. The lowest BCUT2D eigenvalue weighted by Crippen LogP contribution is -2.45. The number of rotatable bonds is 7. The normalized spacial score (nSPS) is 16.9. The summed E-state index contributed by atoms with van der Waals surface area (Å²) in [5.41, 5.74) is 1.08. The molecule has 1 amide bonds. The highest BCUT2D eigenvalue weighted by Gasteiger charge is 2.35. The first-order chi connectivity index (χ1) is 14.4. The molecule has 1 unspecified atom stereocenters. The van der Waals surface area contributed by atoms with Gasteiger partial charge in [0.1, 0.15) is 4.90 Å². The Morgan fingerprint density at radius 1 is 1.23 bits per heavy atom. The van der Waals surface area contributed by atoms with Crippen LogP contribution in [0, 0.1) is 5.92 Å². The first-order valence-corrected chi connectivity index (χ1v) is 12.5. The van der Waals surface area contributed by atoms with Gasteiger partial charge in [-0.15, -0.1) is 0 Å². The Morgan fingerprint density at radius 2 is 1.93 bits per heavy atom. The Morgan fingerprint density at radius 3 is 2.53 bits per heavy atom. The van der Waals surface area contributed by atoms with Crippen molar-refractivity contribution in [1.82, 2.24) is 14.2 Å². The summed E-state index contributed by atoms with van der Waals surface area (Å²) in [4.78, 5) is 19.4. The van der Waals surface area contributed by atoms with Crippen LogP contribution in [0.2, 0.25) is 0 Å². The fraction of sp³-hybridized carbons (Fsp3) is 0.455. The quantitative estimate of drug-likeness (QED) is 0.577. The molecule has 0 bridgehead atoms. The Hall–Kier alpha value is -1.77. The van der Waals surface area contributed by atoms with Gasteiger partial charge in [-0.05, 0) is 49.9 Å². The minimum absolute atomic E-state index is 0.0508. The van der Waals surface area contributed by atoms with Crippen molar-refractivity contribution in [2.24, 2.45) is 5.92 Å². The van der Waals surface area contributed by atoms with E-state index in [-0.39, 0.29) is 22.8 Å². The van der Waals surface area contributed by atoms with Gasteiger partial charge < -0.3 is 4.90 Å². The Kier molecular flexibility index (Phi) is 7.65. The fourth-order valence-electron chi connectivity index (χ4n) is 3.94. The smallest absolute Gasteiger partial charge is 0.244 e. The molecule has 1 atom stereocenters. The molecule has 1 saturated heterocycles. The second-order valence-electron chi connectivity index (χ2n) is 7.60. The van der Waals surface area contributed by atoms with Crippen molar-refractivity contribution in [3.8, 4) is 0 Å². The summed E-state index contributed by atoms with van der Waals surface area (Å²) in [5, 5.41) is 0. The Bertz CT molecular complexity index is 961. The SMILES string of the molecule is CCCN(C(=O)C1CCN(S(=O)(=O)c2cccnc2)CC1)C(C)c1ccccc1Br. The molecule has 3 rings (SSSR count). The third kappa shape index (κ3) is 4.92. The molecule has 0 aliphatic carbocycles. The maximum absolute atomic E-state index is 13.4. The van der Waals surface area contributed by atoms with E-state index >= 15 is 0 Å². The molecule has 1 fully saturated rings. The van der Waals surface area contributed by atoms with E-state index in [1.54, 1.807) is 18.3 Å². The number of carbonyl (C=O) groups excluding carboxylic acids is 1. The van der Waals surface area contributed by atoms with E-state index in [2.05, 4.69) is 34.8 Å². The van der Waals surface area contributed by atoms with Gasteiger partial charge in [-0.1, -0.05) is 41.1 Å². The number of carbonyl (C=O) groups is 1. The number of aromatic nitrogens is 1. The zero-order valence-corrected chi connectivity index (χ0v) is 19.8. The highest BCUT2D eigenvalue weighted by molar-refractivity contribution is 9.10. The van der Waals surface area contributed by atoms with E-state index in [0.717, 1.165) is 16.5 Å². The Labute approximate surface area is 187 Å². The van der Waals surface area contributed by atoms with E-state index < -0.39 is 10.0 Å². The van der Waals surface area contributed by atoms with Crippen LogP contribution in [0.3, 0.4) is 0 Å². The van der Waals surface area contributed by atoms with Crippen LogP contribution in [0.4, 0.5) is 0 Å². The van der Waals surface area contributed by atoms with Crippen molar-refractivity contribution in [1.29, 1.82) is 0 Å². The predicted octanol–water partition coefficient (Wildman–Crippen LogP) is 4.24. The molecule has 1 aromatic heterocycles. The summed E-state index contributed by atoms with van der Waals surface area (Å²) in [6.07, 6.45) is 4.85. The molecule has 0 spiro atoms. The third-order valence-corrected chi connectivity index (χ3v) is 8.25. The molecule has 0 saturated carbocycles. The number of amides is 1. The lowest BCUT2D eigenvalue weighted by molar-refractivity contribution is -0.139. The number of sulfonamides is 1. The van der Waals surface area contributed by atoms with E-state index in [1.807, 2.05) is 29.2 Å². The maximum Gasteiger partial charge on any atom is 0.244 e. The molecular formula is C22H28BrN3O3S. The minimum Gasteiger partial charge on any atom is -0.336 e. The lowest BCUT2D eigenvalue weighted by atomic mass is 9.95. The van der Waals surface area contributed by atoms with Crippen LogP contribution in [0.15, 0.2) is 58.2 Å². The van der Waals surface area contributed by atoms with E-state index in [1.165, 1.54) is 10.5 Å². The summed E-state index contributed by atoms with van der Waals surface area (Å²) in [6.45, 7) is 5.48. The summed E-state index contributed by atoms with van der Waals surface area (Å²) in [5.74, 6) is -0.0552. The van der Waals surface area contributed by atoms with Gasteiger partial charge in [0.05, 0.1) is 6.04 Å². The molecular weight excluding hydrogens is 466 g/mol. The molecule has 2 heterocycles. The number of halogens is 1. The fourth-order valence-corrected chi connectivity index (χ4v) is 5.99. The first kappa shape index (κ1) is 22.9. The largest absolute Gasteiger partial charge is 0.336 e.